The molecule has 0 saturated carbocycles. The Kier molecular flexibility index (Phi) is 1.99. The van der Waals surface area contributed by atoms with Gasteiger partial charge in [-0.1, -0.05) is 0 Å². The van der Waals surface area contributed by atoms with Gasteiger partial charge >= 0.3 is 6.18 Å². The van der Waals surface area contributed by atoms with Crippen LogP contribution in [-0.2, 0) is 6.18 Å². The largest absolute Gasteiger partial charge is 0.433 e. The maximum absolute atomic E-state index is 12.2. The van der Waals surface area contributed by atoms with Crippen molar-refractivity contribution in [3.05, 3.63) is 22.4 Å². The third-order valence-corrected chi connectivity index (χ3v) is 2.27. The van der Waals surface area contributed by atoms with Crippen molar-refractivity contribution in [1.82, 2.24) is 15.2 Å². The summed E-state index contributed by atoms with van der Waals surface area (Å²) in [7, 11) is 0. The Bertz CT molecular complexity index is 476. The van der Waals surface area contributed by atoms with E-state index in [1.54, 1.807) is 0 Å². The topological polar surface area (TPSA) is 41.6 Å². The van der Waals surface area contributed by atoms with Crippen molar-refractivity contribution in [2.24, 2.45) is 0 Å². The Morgan fingerprint density at radius 3 is 2.64 bits per heavy atom. The number of aromatic nitrogens is 3. The number of alkyl halides is 3. The predicted molar refractivity (Wildman–Crippen MR) is 46.6 cm³/mol. The average molecular weight is 266 g/mol. The molecule has 0 saturated heterocycles. The van der Waals surface area contributed by atoms with Crippen LogP contribution >= 0.6 is 15.9 Å². The quantitative estimate of drug-likeness (QED) is 0.796. The number of hydrogen-bond acceptors (Lipinski definition) is 2. The third-order valence-electron chi connectivity index (χ3n) is 1.66. The molecule has 0 aromatic carbocycles. The van der Waals surface area contributed by atoms with E-state index in [2.05, 4.69) is 31.1 Å². The first-order valence-electron chi connectivity index (χ1n) is 3.56. The summed E-state index contributed by atoms with van der Waals surface area (Å²) in [5.74, 6) is 0. The Hall–Kier alpha value is -1.11. The number of nitrogens with zero attached hydrogens (tertiary/aromatic N) is 2. The fourth-order valence-corrected chi connectivity index (χ4v) is 1.42. The van der Waals surface area contributed by atoms with Crippen molar-refractivity contribution >= 4 is 27.0 Å². The maximum atomic E-state index is 12.2. The van der Waals surface area contributed by atoms with Gasteiger partial charge < -0.3 is 0 Å². The van der Waals surface area contributed by atoms with Crippen LogP contribution in [-0.4, -0.2) is 15.2 Å². The highest BCUT2D eigenvalue weighted by atomic mass is 79.9. The monoisotopic (exact) mass is 265 g/mol. The molecule has 14 heavy (non-hydrogen) atoms. The van der Waals surface area contributed by atoms with Gasteiger partial charge in [-0.25, -0.2) is 4.98 Å². The van der Waals surface area contributed by atoms with Crippen LogP contribution in [0.4, 0.5) is 13.2 Å². The molecule has 0 fully saturated rings. The lowest BCUT2D eigenvalue weighted by molar-refractivity contribution is -0.141. The zero-order valence-corrected chi connectivity index (χ0v) is 8.15. The van der Waals surface area contributed by atoms with Gasteiger partial charge in [-0.15, -0.1) is 0 Å². The number of rotatable bonds is 0. The van der Waals surface area contributed by atoms with Gasteiger partial charge in [0.15, 0.2) is 5.65 Å². The first-order chi connectivity index (χ1) is 6.48. The molecule has 0 unspecified atom stereocenters. The van der Waals surface area contributed by atoms with Crippen molar-refractivity contribution in [2.45, 2.75) is 6.18 Å². The summed E-state index contributed by atoms with van der Waals surface area (Å²) in [6, 6.07) is 2.24. The minimum atomic E-state index is -4.43. The van der Waals surface area contributed by atoms with Gasteiger partial charge in [0.2, 0.25) is 0 Å². The fraction of sp³-hybridized carbons (Fsp3) is 0.143. The number of fused-ring (bicyclic) bond motifs is 1. The molecule has 74 valence electrons. The number of nitrogens with one attached hydrogen (secondary N) is 1. The third kappa shape index (κ3) is 1.47. The number of pyridine rings is 1. The lowest BCUT2D eigenvalue weighted by Crippen LogP contribution is -2.07. The molecule has 0 radical (unpaired) electrons. The standard InChI is InChI=1S/C7H3BrF3N3/c8-5-3-1-2-4(7(9,10)11)12-6(3)14-13-5/h1-2H,(H,12,13,14). The van der Waals surface area contributed by atoms with E-state index in [0.717, 1.165) is 6.07 Å². The van der Waals surface area contributed by atoms with Crippen LogP contribution < -0.4 is 0 Å². The van der Waals surface area contributed by atoms with Crippen LogP contribution in [0.5, 0.6) is 0 Å². The van der Waals surface area contributed by atoms with E-state index < -0.39 is 11.9 Å². The molecule has 2 aromatic rings. The van der Waals surface area contributed by atoms with E-state index in [1.807, 2.05) is 0 Å². The molecule has 0 spiro atoms. The normalized spacial score (nSPS) is 12.3. The van der Waals surface area contributed by atoms with Gasteiger partial charge in [-0.2, -0.15) is 18.3 Å². The fourth-order valence-electron chi connectivity index (χ4n) is 1.03. The van der Waals surface area contributed by atoms with E-state index in [-0.39, 0.29) is 5.65 Å². The summed E-state index contributed by atoms with van der Waals surface area (Å²) in [5, 5.41) is 6.63. The summed E-state index contributed by atoms with van der Waals surface area (Å²) in [6.07, 6.45) is -4.43. The summed E-state index contributed by atoms with van der Waals surface area (Å²) < 4.78 is 37.2. The van der Waals surface area contributed by atoms with Gasteiger partial charge in [0.05, 0.1) is 5.39 Å². The Labute approximate surface area is 84.5 Å². The second-order valence-electron chi connectivity index (χ2n) is 2.60. The van der Waals surface area contributed by atoms with Gasteiger partial charge in [-0.3, -0.25) is 5.10 Å². The molecule has 2 rings (SSSR count). The molecule has 1 N–H and O–H groups in total. The number of halogens is 4. The molecule has 2 heterocycles. The van der Waals surface area contributed by atoms with Crippen molar-refractivity contribution in [2.75, 3.05) is 0 Å². The minimum absolute atomic E-state index is 0.0479. The Morgan fingerprint density at radius 2 is 2.00 bits per heavy atom. The SMILES string of the molecule is FC(F)(F)c1ccc2c(Br)[nH]nc2n1. The van der Waals surface area contributed by atoms with Crippen molar-refractivity contribution in [1.29, 1.82) is 0 Å². The second-order valence-corrected chi connectivity index (χ2v) is 3.40. The highest BCUT2D eigenvalue weighted by molar-refractivity contribution is 9.10. The first-order valence-corrected chi connectivity index (χ1v) is 4.35. The Morgan fingerprint density at radius 1 is 1.29 bits per heavy atom. The van der Waals surface area contributed by atoms with Gasteiger partial charge in [-0.05, 0) is 28.1 Å². The Balaban J connectivity index is 2.63. The molecular weight excluding hydrogens is 263 g/mol. The molecule has 0 atom stereocenters. The summed E-state index contributed by atoms with van der Waals surface area (Å²) in [5.41, 5.74) is -0.893. The average Bonchev–Trinajstić information content (AvgIpc) is 2.46. The number of aromatic amines is 1. The predicted octanol–water partition coefficient (Wildman–Crippen LogP) is 2.74. The van der Waals surface area contributed by atoms with Crippen molar-refractivity contribution < 1.29 is 13.2 Å². The van der Waals surface area contributed by atoms with Gasteiger partial charge in [0, 0.05) is 0 Å². The molecule has 3 nitrogen and oxygen atoms in total. The van der Waals surface area contributed by atoms with Crippen molar-refractivity contribution in [3.8, 4) is 0 Å². The summed E-state index contributed by atoms with van der Waals surface area (Å²) in [6.45, 7) is 0. The van der Waals surface area contributed by atoms with E-state index in [0.29, 0.717) is 9.99 Å². The van der Waals surface area contributed by atoms with Crippen LogP contribution in [0.15, 0.2) is 16.7 Å². The van der Waals surface area contributed by atoms with Crippen molar-refractivity contribution in [3.63, 3.8) is 0 Å². The van der Waals surface area contributed by atoms with Crippen LogP contribution in [0.2, 0.25) is 0 Å². The smallest absolute Gasteiger partial charge is 0.269 e. The molecule has 7 heteroatoms. The molecule has 0 amide bonds. The zero-order valence-electron chi connectivity index (χ0n) is 6.56. The molecule has 0 aliphatic carbocycles. The van der Waals surface area contributed by atoms with Crippen LogP contribution in [0.1, 0.15) is 5.69 Å². The lowest BCUT2D eigenvalue weighted by Gasteiger charge is -2.03. The second kappa shape index (κ2) is 2.94. The molecule has 0 bridgehead atoms. The van der Waals surface area contributed by atoms with E-state index in [4.69, 9.17) is 0 Å². The number of hydrogen-bond donors (Lipinski definition) is 1. The minimum Gasteiger partial charge on any atom is -0.269 e. The molecule has 0 aliphatic rings. The van der Waals surface area contributed by atoms with Crippen LogP contribution in [0, 0.1) is 0 Å². The number of H-pyrrole nitrogens is 1. The van der Waals surface area contributed by atoms with Gasteiger partial charge in [0.25, 0.3) is 0 Å². The van der Waals surface area contributed by atoms with Gasteiger partial charge in [0.1, 0.15) is 10.3 Å². The molecule has 0 aliphatic heterocycles. The van der Waals surface area contributed by atoms with E-state index in [9.17, 15) is 13.2 Å². The zero-order chi connectivity index (χ0) is 10.3. The molecule has 2 aromatic heterocycles. The first kappa shape index (κ1) is 9.45. The summed E-state index contributed by atoms with van der Waals surface area (Å²) in [4.78, 5) is 3.37. The van der Waals surface area contributed by atoms with E-state index >= 15 is 0 Å². The highest BCUT2D eigenvalue weighted by Crippen LogP contribution is 2.29. The highest BCUT2D eigenvalue weighted by Gasteiger charge is 2.32. The van der Waals surface area contributed by atoms with Crippen LogP contribution in [0.25, 0.3) is 11.0 Å². The summed E-state index contributed by atoms with van der Waals surface area (Å²) >= 11 is 3.10. The lowest BCUT2D eigenvalue weighted by atomic mass is 10.3. The van der Waals surface area contributed by atoms with Crippen LogP contribution in [0.3, 0.4) is 0 Å². The maximum Gasteiger partial charge on any atom is 0.433 e. The molecular formula is C7H3BrF3N3. The van der Waals surface area contributed by atoms with E-state index in [1.165, 1.54) is 6.07 Å².